The summed E-state index contributed by atoms with van der Waals surface area (Å²) in [6.07, 6.45) is 0.644. The molecule has 28 heavy (non-hydrogen) atoms. The third-order valence-electron chi connectivity index (χ3n) is 4.34. The second kappa shape index (κ2) is 8.96. The highest BCUT2D eigenvalue weighted by Crippen LogP contribution is 2.20. The highest BCUT2D eigenvalue weighted by Gasteiger charge is 2.27. The smallest absolute Gasteiger partial charge is 0.324 e. The van der Waals surface area contributed by atoms with E-state index in [0.717, 1.165) is 5.75 Å². The Hall–Kier alpha value is -2.75. The Morgan fingerprint density at radius 1 is 1.25 bits per heavy atom. The van der Waals surface area contributed by atoms with Gasteiger partial charge in [-0.2, -0.15) is 0 Å². The van der Waals surface area contributed by atoms with Crippen LogP contribution in [0.5, 0.6) is 5.75 Å². The topological polar surface area (TPSA) is 115 Å². The Kier molecular flexibility index (Phi) is 6.40. The molecular weight excluding hydrogens is 380 g/mol. The quantitative estimate of drug-likeness (QED) is 0.283. The van der Waals surface area contributed by atoms with Crippen LogP contribution in [0.4, 0.5) is 4.79 Å². The van der Waals surface area contributed by atoms with Crippen LogP contribution in [-0.4, -0.2) is 50.6 Å². The number of amides is 3. The van der Waals surface area contributed by atoms with Crippen molar-refractivity contribution >= 4 is 23.7 Å². The van der Waals surface area contributed by atoms with Gasteiger partial charge in [-0.15, -0.1) is 10.2 Å². The summed E-state index contributed by atoms with van der Waals surface area (Å²) in [6, 6.07) is 7.60. The van der Waals surface area contributed by atoms with Crippen LogP contribution in [0.25, 0.3) is 0 Å². The molecule has 0 saturated carbocycles. The van der Waals surface area contributed by atoms with Gasteiger partial charge in [-0.25, -0.2) is 9.47 Å². The van der Waals surface area contributed by atoms with Crippen LogP contribution in [0, 0.1) is 0 Å². The first kappa shape index (κ1) is 20.0. The molecule has 9 nitrogen and oxygen atoms in total. The van der Waals surface area contributed by atoms with Crippen LogP contribution in [0.2, 0.25) is 0 Å². The average molecular weight is 404 g/mol. The van der Waals surface area contributed by atoms with E-state index in [1.54, 1.807) is 0 Å². The number of nitrogen functional groups attached to an aromatic ring is 1. The predicted molar refractivity (Wildman–Crippen MR) is 105 cm³/mol. The Morgan fingerprint density at radius 2 is 2.00 bits per heavy atom. The molecule has 3 amide bonds. The third kappa shape index (κ3) is 4.75. The molecule has 1 aliphatic rings. The van der Waals surface area contributed by atoms with Crippen LogP contribution in [0.3, 0.4) is 0 Å². The second-order valence-electron chi connectivity index (χ2n) is 6.69. The summed E-state index contributed by atoms with van der Waals surface area (Å²) < 4.78 is 7.14. The molecule has 1 saturated heterocycles. The number of hydrogen-bond acceptors (Lipinski definition) is 7. The number of ether oxygens (including phenoxy) is 1. The van der Waals surface area contributed by atoms with Crippen LogP contribution in [0.15, 0.2) is 29.4 Å². The Labute approximate surface area is 167 Å². The zero-order valence-electron chi connectivity index (χ0n) is 15.9. The molecule has 3 rings (SSSR count). The summed E-state index contributed by atoms with van der Waals surface area (Å²) in [6.45, 7) is 4.95. The largest absolute Gasteiger partial charge is 0.486 e. The lowest BCUT2D eigenvalue weighted by Crippen LogP contribution is -2.32. The van der Waals surface area contributed by atoms with Crippen molar-refractivity contribution in [3.05, 3.63) is 35.7 Å². The minimum atomic E-state index is -0.335. The van der Waals surface area contributed by atoms with Gasteiger partial charge in [0.05, 0.1) is 6.54 Å². The monoisotopic (exact) mass is 404 g/mol. The van der Waals surface area contributed by atoms with E-state index in [-0.39, 0.29) is 25.1 Å². The van der Waals surface area contributed by atoms with Crippen molar-refractivity contribution in [2.24, 2.45) is 0 Å². The number of benzene rings is 1. The van der Waals surface area contributed by atoms with Crippen LogP contribution >= 0.6 is 11.8 Å². The first-order chi connectivity index (χ1) is 13.5. The summed E-state index contributed by atoms with van der Waals surface area (Å²) in [4.78, 5) is 24.2. The zero-order valence-corrected chi connectivity index (χ0v) is 16.7. The van der Waals surface area contributed by atoms with Crippen molar-refractivity contribution in [1.29, 1.82) is 0 Å². The van der Waals surface area contributed by atoms with Gasteiger partial charge in [-0.05, 0) is 30.0 Å². The molecule has 0 spiro atoms. The number of nitrogens with zero attached hydrogens (tertiary/aromatic N) is 4. The summed E-state index contributed by atoms with van der Waals surface area (Å²) in [5, 5.41) is 11.2. The molecule has 0 aliphatic carbocycles. The maximum absolute atomic E-state index is 11.5. The minimum absolute atomic E-state index is 0.0761. The molecule has 3 N–H and O–H groups in total. The first-order valence-electron chi connectivity index (χ1n) is 9.09. The van der Waals surface area contributed by atoms with Gasteiger partial charge in [0, 0.05) is 12.3 Å². The number of hydrogen-bond donors (Lipinski definition) is 2. The molecule has 1 aromatic carbocycles. The van der Waals surface area contributed by atoms with Crippen molar-refractivity contribution in [1.82, 2.24) is 25.1 Å². The van der Waals surface area contributed by atoms with Crippen molar-refractivity contribution in [2.75, 3.05) is 24.7 Å². The molecular formula is C18H24N6O3S. The van der Waals surface area contributed by atoms with Gasteiger partial charge >= 0.3 is 6.03 Å². The number of nitrogens with two attached hydrogens (primary N) is 1. The molecule has 1 aromatic heterocycles. The first-order valence-corrected chi connectivity index (χ1v) is 10.1. The predicted octanol–water partition coefficient (Wildman–Crippen LogP) is 1.73. The summed E-state index contributed by atoms with van der Waals surface area (Å²) in [5.74, 6) is 8.24. The fourth-order valence-electron chi connectivity index (χ4n) is 2.67. The number of imide groups is 1. The average Bonchev–Trinajstić information content (AvgIpc) is 3.20. The van der Waals surface area contributed by atoms with Crippen LogP contribution in [0.1, 0.15) is 37.6 Å². The summed E-state index contributed by atoms with van der Waals surface area (Å²) in [7, 11) is 0. The zero-order chi connectivity index (χ0) is 20.1. The highest BCUT2D eigenvalue weighted by atomic mass is 32.2. The van der Waals surface area contributed by atoms with Crippen LogP contribution in [-0.2, 0) is 11.4 Å². The molecule has 10 heteroatoms. The number of thioether (sulfide) groups is 1. The molecule has 1 fully saturated rings. The lowest BCUT2D eigenvalue weighted by atomic mass is 10.0. The molecule has 0 unspecified atom stereocenters. The van der Waals surface area contributed by atoms with E-state index < -0.39 is 0 Å². The van der Waals surface area contributed by atoms with Gasteiger partial charge in [0.15, 0.2) is 5.82 Å². The SMILES string of the molecule is CC(C)c1ccc(OCc2nnc(SCCCN3C(=O)CNC3=O)n2N)cc1. The number of carbonyl (C=O) groups excluding carboxylic acids is 2. The van der Waals surface area contributed by atoms with E-state index in [1.165, 1.54) is 26.9 Å². The number of nitrogens with one attached hydrogen (secondary N) is 1. The fraction of sp³-hybridized carbons (Fsp3) is 0.444. The molecule has 0 atom stereocenters. The summed E-state index contributed by atoms with van der Waals surface area (Å²) in [5.41, 5.74) is 1.25. The maximum atomic E-state index is 11.5. The number of urea groups is 1. The minimum Gasteiger partial charge on any atom is -0.486 e. The Morgan fingerprint density at radius 3 is 2.64 bits per heavy atom. The van der Waals surface area contributed by atoms with Crippen molar-refractivity contribution in [3.63, 3.8) is 0 Å². The Balaban J connectivity index is 1.45. The van der Waals surface area contributed by atoms with Gasteiger partial charge in [0.25, 0.3) is 0 Å². The lowest BCUT2D eigenvalue weighted by Gasteiger charge is -2.11. The molecule has 0 radical (unpaired) electrons. The standard InChI is InChI=1S/C18H24N6O3S/c1-12(2)13-4-6-14(7-5-13)27-11-15-21-22-18(24(15)19)28-9-3-8-23-16(25)10-20-17(23)26/h4-7,12H,3,8-11,19H2,1-2H3,(H,20,26). The van der Waals surface area contributed by atoms with Gasteiger partial charge in [0.2, 0.25) is 11.1 Å². The normalized spacial score (nSPS) is 14.0. The van der Waals surface area contributed by atoms with Crippen molar-refractivity contribution in [3.8, 4) is 5.75 Å². The third-order valence-corrected chi connectivity index (χ3v) is 5.37. The number of aromatic nitrogens is 3. The molecule has 150 valence electrons. The second-order valence-corrected chi connectivity index (χ2v) is 7.75. The van der Waals surface area contributed by atoms with Gasteiger partial charge in [0.1, 0.15) is 12.4 Å². The van der Waals surface area contributed by atoms with E-state index in [4.69, 9.17) is 10.6 Å². The van der Waals surface area contributed by atoms with Gasteiger partial charge < -0.3 is 15.9 Å². The van der Waals surface area contributed by atoms with E-state index in [2.05, 4.69) is 29.4 Å². The molecule has 2 aromatic rings. The number of rotatable bonds is 9. The summed E-state index contributed by atoms with van der Waals surface area (Å²) >= 11 is 1.42. The number of carbonyl (C=O) groups is 2. The van der Waals surface area contributed by atoms with E-state index in [1.807, 2.05) is 24.3 Å². The molecule has 1 aliphatic heterocycles. The molecule has 2 heterocycles. The van der Waals surface area contributed by atoms with Gasteiger partial charge in [-0.1, -0.05) is 37.7 Å². The molecule has 0 bridgehead atoms. The fourth-order valence-corrected chi connectivity index (χ4v) is 3.47. The maximum Gasteiger partial charge on any atom is 0.324 e. The van der Waals surface area contributed by atoms with E-state index >= 15 is 0 Å². The van der Waals surface area contributed by atoms with Crippen molar-refractivity contribution in [2.45, 2.75) is 37.9 Å². The highest BCUT2D eigenvalue weighted by molar-refractivity contribution is 7.99. The van der Waals surface area contributed by atoms with E-state index in [9.17, 15) is 9.59 Å². The van der Waals surface area contributed by atoms with E-state index in [0.29, 0.717) is 35.6 Å². The van der Waals surface area contributed by atoms with Crippen molar-refractivity contribution < 1.29 is 14.3 Å². The van der Waals surface area contributed by atoms with Gasteiger partial charge in [-0.3, -0.25) is 9.69 Å². The Bertz CT molecular complexity index is 820. The lowest BCUT2D eigenvalue weighted by molar-refractivity contribution is -0.124. The van der Waals surface area contributed by atoms with Crippen LogP contribution < -0.4 is 15.9 Å².